The van der Waals surface area contributed by atoms with Gasteiger partial charge in [0.15, 0.2) is 5.78 Å². The first-order chi connectivity index (χ1) is 22.3. The zero-order chi connectivity index (χ0) is 34.5. The number of hydrogen-bond donors (Lipinski definition) is 1. The van der Waals surface area contributed by atoms with E-state index in [9.17, 15) is 9.90 Å². The van der Waals surface area contributed by atoms with Gasteiger partial charge in [-0.2, -0.15) is 0 Å². The monoisotopic (exact) mass is 863 g/mol. The Hall–Kier alpha value is -2.70. The molecule has 0 spiro atoms. The zero-order valence-electron chi connectivity index (χ0n) is 29.7. The molecule has 3 heterocycles. The summed E-state index contributed by atoms with van der Waals surface area (Å²) in [6.45, 7) is 18.9. The Kier molecular flexibility index (Phi) is 14.3. The molecular formula is C41H49FIrNO2S2-. The van der Waals surface area contributed by atoms with E-state index in [0.717, 1.165) is 69.3 Å². The van der Waals surface area contributed by atoms with Crippen LogP contribution in [0.2, 0.25) is 0 Å². The van der Waals surface area contributed by atoms with Crippen LogP contribution >= 0.6 is 22.7 Å². The van der Waals surface area contributed by atoms with Gasteiger partial charge in [-0.15, -0.1) is 57.6 Å². The number of aromatic nitrogens is 1. The van der Waals surface area contributed by atoms with Crippen molar-refractivity contribution in [1.82, 2.24) is 4.98 Å². The number of thiophene rings is 2. The molecule has 0 saturated heterocycles. The summed E-state index contributed by atoms with van der Waals surface area (Å²) in [5.74, 6) is 0.411. The summed E-state index contributed by atoms with van der Waals surface area (Å²) in [7, 11) is 0. The molecule has 3 aromatic heterocycles. The zero-order valence-corrected chi connectivity index (χ0v) is 33.7. The average Bonchev–Trinajstić information content (AvgIpc) is 3.62. The second-order valence-corrected chi connectivity index (χ2v) is 15.9. The van der Waals surface area contributed by atoms with E-state index in [-0.39, 0.29) is 54.7 Å². The first-order valence-electron chi connectivity index (χ1n) is 16.8. The van der Waals surface area contributed by atoms with Gasteiger partial charge in [0.1, 0.15) is 5.82 Å². The first-order valence-corrected chi connectivity index (χ1v) is 18.5. The number of fused-ring (bicyclic) bond motifs is 3. The van der Waals surface area contributed by atoms with Gasteiger partial charge < -0.3 is 10.1 Å². The number of nitrogens with zero attached hydrogens (tertiary/aromatic N) is 1. The Bertz CT molecular complexity index is 1850. The van der Waals surface area contributed by atoms with E-state index < -0.39 is 0 Å². The van der Waals surface area contributed by atoms with E-state index in [1.807, 2.05) is 52.9 Å². The molecule has 0 aliphatic heterocycles. The third-order valence-corrected chi connectivity index (χ3v) is 11.0. The van der Waals surface area contributed by atoms with Crippen LogP contribution < -0.4 is 0 Å². The first kappa shape index (κ1) is 39.7. The van der Waals surface area contributed by atoms with Crippen molar-refractivity contribution in [2.24, 2.45) is 17.3 Å². The van der Waals surface area contributed by atoms with Gasteiger partial charge >= 0.3 is 0 Å². The topological polar surface area (TPSA) is 50.2 Å². The van der Waals surface area contributed by atoms with Crippen LogP contribution in [0.4, 0.5) is 4.39 Å². The largest absolute Gasteiger partial charge is 0.512 e. The maximum atomic E-state index is 15.8. The van der Waals surface area contributed by atoms with Crippen LogP contribution in [-0.4, -0.2) is 15.9 Å². The van der Waals surface area contributed by atoms with Gasteiger partial charge in [0.2, 0.25) is 0 Å². The Labute approximate surface area is 308 Å². The third kappa shape index (κ3) is 9.50. The molecule has 0 fully saturated rings. The summed E-state index contributed by atoms with van der Waals surface area (Å²) in [4.78, 5) is 18.7. The van der Waals surface area contributed by atoms with Crippen molar-refractivity contribution in [3.8, 4) is 21.7 Å². The second kappa shape index (κ2) is 17.3. The molecule has 5 rings (SSSR count). The molecule has 259 valence electrons. The number of ketones is 1. The standard InChI is InChI=1S/C28H25FNS2.C13H24O2.Ir/c1-16-12-17(2)14-18(13-16)25-27-21(10-11-30-25)20-7-8-22(24(29)26(20)32-27)23-9-6-19(31-23)15-28(3,4)5;1-5-10(6-2)12(14)9-13(15)11(7-3)8-4;/h6-13H,15H2,1-5H3;9-11,14H,5-8H2,1-4H3;/q-1;;/b;12-9-;. The van der Waals surface area contributed by atoms with Crippen LogP contribution in [0.1, 0.15) is 90.2 Å². The van der Waals surface area contributed by atoms with Crippen molar-refractivity contribution in [3.05, 3.63) is 88.4 Å². The van der Waals surface area contributed by atoms with Gasteiger partial charge in [-0.25, -0.2) is 4.39 Å². The second-order valence-electron chi connectivity index (χ2n) is 13.7. The maximum absolute atomic E-state index is 15.8. The van der Waals surface area contributed by atoms with E-state index >= 15 is 4.39 Å². The van der Waals surface area contributed by atoms with Gasteiger partial charge in [0, 0.05) is 75.3 Å². The van der Waals surface area contributed by atoms with E-state index in [4.69, 9.17) is 0 Å². The number of allylic oxidation sites excluding steroid dienone is 2. The van der Waals surface area contributed by atoms with Crippen molar-refractivity contribution >= 4 is 48.6 Å². The number of pyridine rings is 1. The Morgan fingerprint density at radius 2 is 1.56 bits per heavy atom. The predicted octanol–water partition coefficient (Wildman–Crippen LogP) is 12.9. The van der Waals surface area contributed by atoms with Crippen LogP contribution in [0.5, 0.6) is 0 Å². The number of rotatable bonds is 10. The molecule has 3 nitrogen and oxygen atoms in total. The number of aryl methyl sites for hydroxylation is 2. The number of benzene rings is 2. The fourth-order valence-corrected chi connectivity index (χ4v) is 8.62. The van der Waals surface area contributed by atoms with Crippen molar-refractivity contribution in [1.29, 1.82) is 0 Å². The molecule has 0 unspecified atom stereocenters. The number of aliphatic hydroxyl groups is 1. The summed E-state index contributed by atoms with van der Waals surface area (Å²) in [6, 6.07) is 17.8. The van der Waals surface area contributed by atoms with E-state index in [1.54, 1.807) is 11.3 Å². The van der Waals surface area contributed by atoms with Crippen LogP contribution in [0.15, 0.2) is 60.5 Å². The van der Waals surface area contributed by atoms with Gasteiger partial charge in [-0.05, 0) is 67.2 Å². The van der Waals surface area contributed by atoms with E-state index in [0.29, 0.717) is 10.3 Å². The van der Waals surface area contributed by atoms with Crippen molar-refractivity contribution < 1.29 is 34.4 Å². The minimum absolute atomic E-state index is 0. The Morgan fingerprint density at radius 1 is 0.917 bits per heavy atom. The molecular weight excluding hydrogens is 814 g/mol. The molecule has 0 bridgehead atoms. The van der Waals surface area contributed by atoms with Crippen LogP contribution in [0.25, 0.3) is 41.9 Å². The number of carbonyl (C=O) groups is 1. The molecule has 0 saturated carbocycles. The molecule has 2 aromatic carbocycles. The van der Waals surface area contributed by atoms with Crippen LogP contribution in [-0.2, 0) is 31.3 Å². The SMILES string of the molecule is CCC(CC)C(=O)/C=C(\O)C(CC)CC.Cc1[c-]c(-c2nccc3c2sc2c(F)c(-c4ccc(CC(C)(C)C)s4)ccc23)cc(C)c1.[Ir]. The smallest absolute Gasteiger partial charge is 0.162 e. The summed E-state index contributed by atoms with van der Waals surface area (Å²) in [6.07, 6.45) is 7.72. The number of carbonyl (C=O) groups excluding carboxylic acids is 1. The minimum atomic E-state index is -0.136. The van der Waals surface area contributed by atoms with Crippen molar-refractivity contribution in [2.75, 3.05) is 0 Å². The Balaban J connectivity index is 0.000000334. The molecule has 5 aromatic rings. The van der Waals surface area contributed by atoms with Crippen molar-refractivity contribution in [2.45, 2.75) is 94.4 Å². The molecule has 0 atom stereocenters. The molecule has 1 radical (unpaired) electrons. The van der Waals surface area contributed by atoms with Gasteiger partial charge in [0.25, 0.3) is 0 Å². The fourth-order valence-electron chi connectivity index (χ4n) is 6.06. The fraction of sp³-hybridized carbons (Fsp3) is 0.415. The molecule has 1 N–H and O–H groups in total. The summed E-state index contributed by atoms with van der Waals surface area (Å²) >= 11 is 3.19. The summed E-state index contributed by atoms with van der Waals surface area (Å²) in [5.41, 5.74) is 4.99. The van der Waals surface area contributed by atoms with Gasteiger partial charge in [-0.1, -0.05) is 68.4 Å². The predicted molar refractivity (Wildman–Crippen MR) is 201 cm³/mol. The van der Waals surface area contributed by atoms with E-state index in [1.165, 1.54) is 27.9 Å². The molecule has 7 heteroatoms. The van der Waals surface area contributed by atoms with Gasteiger partial charge in [-0.3, -0.25) is 4.79 Å². The summed E-state index contributed by atoms with van der Waals surface area (Å²) in [5, 5.41) is 11.8. The normalized spacial score (nSPS) is 12.0. The number of aliphatic hydroxyl groups excluding tert-OH is 1. The van der Waals surface area contributed by atoms with Crippen LogP contribution in [0, 0.1) is 43.0 Å². The van der Waals surface area contributed by atoms with E-state index in [2.05, 4.69) is 69.1 Å². The molecule has 0 aliphatic rings. The number of hydrogen-bond acceptors (Lipinski definition) is 5. The van der Waals surface area contributed by atoms with Gasteiger partial charge in [0.05, 0.1) is 10.5 Å². The number of halogens is 1. The quantitative estimate of drug-likeness (QED) is 0.0864. The minimum Gasteiger partial charge on any atom is -0.512 e. The third-order valence-electron chi connectivity index (χ3n) is 8.61. The van der Waals surface area contributed by atoms with Crippen molar-refractivity contribution in [3.63, 3.8) is 0 Å². The summed E-state index contributed by atoms with van der Waals surface area (Å²) < 4.78 is 17.5. The molecule has 0 amide bonds. The average molecular weight is 863 g/mol. The Morgan fingerprint density at radius 3 is 2.17 bits per heavy atom. The van der Waals surface area contributed by atoms with Crippen LogP contribution in [0.3, 0.4) is 0 Å². The molecule has 48 heavy (non-hydrogen) atoms. The molecule has 0 aliphatic carbocycles. The maximum Gasteiger partial charge on any atom is 0.162 e.